The van der Waals surface area contributed by atoms with Gasteiger partial charge in [-0.3, -0.25) is 14.6 Å². The Balaban J connectivity index is 1.73. The predicted octanol–water partition coefficient (Wildman–Crippen LogP) is 2.65. The second kappa shape index (κ2) is 7.07. The summed E-state index contributed by atoms with van der Waals surface area (Å²) < 4.78 is 6.16. The van der Waals surface area contributed by atoms with Gasteiger partial charge in [0.15, 0.2) is 0 Å². The highest BCUT2D eigenvalue weighted by atomic mass is 16.5. The Morgan fingerprint density at radius 1 is 1.15 bits per heavy atom. The summed E-state index contributed by atoms with van der Waals surface area (Å²) in [5, 5.41) is 2.00. The molecule has 0 bridgehead atoms. The minimum atomic E-state index is -0.797. The average molecular weight is 361 g/mol. The van der Waals surface area contributed by atoms with Gasteiger partial charge in [-0.1, -0.05) is 30.3 Å². The van der Waals surface area contributed by atoms with Gasteiger partial charge in [0.1, 0.15) is 11.7 Å². The molecule has 0 spiro atoms. The van der Waals surface area contributed by atoms with Crippen LogP contribution in [0.25, 0.3) is 10.8 Å². The number of fused-ring (bicyclic) bond motifs is 1. The van der Waals surface area contributed by atoms with Crippen molar-refractivity contribution in [2.24, 2.45) is 11.7 Å². The van der Waals surface area contributed by atoms with Crippen LogP contribution in [0.4, 0.5) is 0 Å². The van der Waals surface area contributed by atoms with Crippen LogP contribution < -0.4 is 10.5 Å². The van der Waals surface area contributed by atoms with Crippen LogP contribution in [0, 0.1) is 5.92 Å². The van der Waals surface area contributed by atoms with E-state index in [1.807, 2.05) is 54.6 Å². The Morgan fingerprint density at radius 3 is 2.70 bits per heavy atom. The molecule has 0 aliphatic carbocycles. The van der Waals surface area contributed by atoms with Crippen molar-refractivity contribution in [1.29, 1.82) is 0 Å². The molecule has 2 heterocycles. The van der Waals surface area contributed by atoms with E-state index in [-0.39, 0.29) is 5.91 Å². The minimum absolute atomic E-state index is 0.297. The summed E-state index contributed by atoms with van der Waals surface area (Å²) in [5.74, 6) is -1.04. The monoisotopic (exact) mass is 361 g/mol. The molecule has 6 heteroatoms. The smallest absolute Gasteiger partial charge is 0.238 e. The number of hydrogen-bond acceptors (Lipinski definition) is 4. The summed E-state index contributed by atoms with van der Waals surface area (Å²) in [7, 11) is 0. The first kappa shape index (κ1) is 17.0. The van der Waals surface area contributed by atoms with E-state index in [0.717, 1.165) is 16.3 Å². The number of carbonyl (C=O) groups excluding carboxylic acids is 2. The molecule has 2 atom stereocenters. The zero-order chi connectivity index (χ0) is 18.8. The van der Waals surface area contributed by atoms with Gasteiger partial charge >= 0.3 is 0 Å². The van der Waals surface area contributed by atoms with E-state index in [4.69, 9.17) is 10.5 Å². The molecular formula is C21H19N3O3. The molecule has 0 unspecified atom stereocenters. The number of benzene rings is 2. The highest BCUT2D eigenvalue weighted by molar-refractivity contribution is 6.01. The Labute approximate surface area is 156 Å². The van der Waals surface area contributed by atoms with Crippen molar-refractivity contribution in [2.45, 2.75) is 12.6 Å². The van der Waals surface area contributed by atoms with Gasteiger partial charge in [0.05, 0.1) is 0 Å². The van der Waals surface area contributed by atoms with Crippen LogP contribution in [0.5, 0.6) is 5.75 Å². The van der Waals surface area contributed by atoms with E-state index in [2.05, 4.69) is 4.98 Å². The maximum atomic E-state index is 12.7. The highest BCUT2D eigenvalue weighted by Gasteiger charge is 2.40. The van der Waals surface area contributed by atoms with Crippen LogP contribution in [0.1, 0.15) is 18.2 Å². The lowest BCUT2D eigenvalue weighted by atomic mass is 10.1. The first-order valence-corrected chi connectivity index (χ1v) is 8.78. The standard InChI is InChI=1S/C21H19N3O3/c22-19(25)18-9-11-24(20(18)26)21(27-17-4-2-1-3-5-17)15-7-6-14-8-10-23-13-16(14)12-15/h1-8,10,12-13,18,21H,9,11H2,(H2,22,25)/t18-,21+/m0/s1. The zero-order valence-corrected chi connectivity index (χ0v) is 14.6. The lowest BCUT2D eigenvalue weighted by Gasteiger charge is -2.29. The number of likely N-dealkylation sites (tertiary alicyclic amines) is 1. The normalized spacial score (nSPS) is 17.9. The van der Waals surface area contributed by atoms with Gasteiger partial charge in [0.2, 0.25) is 18.0 Å². The first-order valence-electron chi connectivity index (χ1n) is 8.78. The summed E-state index contributed by atoms with van der Waals surface area (Å²) in [6.07, 6.45) is 3.27. The highest BCUT2D eigenvalue weighted by Crippen LogP contribution is 2.32. The molecule has 136 valence electrons. The van der Waals surface area contributed by atoms with Gasteiger partial charge in [-0.15, -0.1) is 0 Å². The number of nitrogens with zero attached hydrogens (tertiary/aromatic N) is 2. The number of aromatic nitrogens is 1. The van der Waals surface area contributed by atoms with Gasteiger partial charge < -0.3 is 15.4 Å². The van der Waals surface area contributed by atoms with E-state index in [1.165, 1.54) is 0 Å². The van der Waals surface area contributed by atoms with Crippen LogP contribution in [0.2, 0.25) is 0 Å². The fourth-order valence-corrected chi connectivity index (χ4v) is 3.40. The molecule has 1 aliphatic rings. The van der Waals surface area contributed by atoms with Crippen molar-refractivity contribution >= 4 is 22.6 Å². The number of para-hydroxylation sites is 1. The average Bonchev–Trinajstić information content (AvgIpc) is 3.08. The Kier molecular flexibility index (Phi) is 4.46. The number of nitrogens with two attached hydrogens (primary N) is 1. The molecule has 4 rings (SSSR count). The topological polar surface area (TPSA) is 85.5 Å². The van der Waals surface area contributed by atoms with Gasteiger partial charge in [0, 0.05) is 29.9 Å². The number of ether oxygens (including phenoxy) is 1. The van der Waals surface area contributed by atoms with Gasteiger partial charge in [-0.25, -0.2) is 0 Å². The number of carbonyl (C=O) groups is 2. The molecule has 1 aromatic heterocycles. The third kappa shape index (κ3) is 3.33. The van der Waals surface area contributed by atoms with Crippen LogP contribution in [0.3, 0.4) is 0 Å². The third-order valence-electron chi connectivity index (χ3n) is 4.81. The molecule has 1 aliphatic heterocycles. The van der Waals surface area contributed by atoms with Crippen LogP contribution in [0.15, 0.2) is 67.0 Å². The summed E-state index contributed by atoms with van der Waals surface area (Å²) in [6, 6.07) is 17.1. The molecule has 6 nitrogen and oxygen atoms in total. The van der Waals surface area contributed by atoms with E-state index >= 15 is 0 Å². The molecule has 27 heavy (non-hydrogen) atoms. The SMILES string of the molecule is NC(=O)[C@@H]1CCN([C@H](Oc2ccccc2)c2ccc3ccncc3c2)C1=O. The molecule has 3 aromatic rings. The van der Waals surface area contributed by atoms with Crippen molar-refractivity contribution in [3.8, 4) is 5.75 Å². The second-order valence-electron chi connectivity index (χ2n) is 6.54. The molecule has 0 saturated carbocycles. The third-order valence-corrected chi connectivity index (χ3v) is 4.81. The number of hydrogen-bond donors (Lipinski definition) is 1. The predicted molar refractivity (Wildman–Crippen MR) is 101 cm³/mol. The molecule has 1 saturated heterocycles. The van der Waals surface area contributed by atoms with Crippen molar-refractivity contribution in [2.75, 3.05) is 6.54 Å². The molecule has 2 amide bonds. The van der Waals surface area contributed by atoms with Gasteiger partial charge in [-0.05, 0) is 36.1 Å². The van der Waals surface area contributed by atoms with E-state index in [1.54, 1.807) is 17.3 Å². The lowest BCUT2D eigenvalue weighted by Crippen LogP contribution is -2.38. The maximum absolute atomic E-state index is 12.7. The summed E-state index contributed by atoms with van der Waals surface area (Å²) in [5.41, 5.74) is 6.20. The zero-order valence-electron chi connectivity index (χ0n) is 14.6. The van der Waals surface area contributed by atoms with E-state index in [0.29, 0.717) is 18.7 Å². The fourth-order valence-electron chi connectivity index (χ4n) is 3.40. The van der Waals surface area contributed by atoms with Crippen LogP contribution >= 0.6 is 0 Å². The molecular weight excluding hydrogens is 342 g/mol. The number of primary amides is 1. The summed E-state index contributed by atoms with van der Waals surface area (Å²) in [6.45, 7) is 0.412. The second-order valence-corrected chi connectivity index (χ2v) is 6.54. The number of pyridine rings is 1. The quantitative estimate of drug-likeness (QED) is 0.708. The maximum Gasteiger partial charge on any atom is 0.238 e. The Morgan fingerprint density at radius 2 is 1.96 bits per heavy atom. The molecule has 2 aromatic carbocycles. The van der Waals surface area contributed by atoms with Crippen molar-refractivity contribution < 1.29 is 14.3 Å². The molecule has 0 radical (unpaired) electrons. The van der Waals surface area contributed by atoms with Crippen molar-refractivity contribution in [1.82, 2.24) is 9.88 Å². The van der Waals surface area contributed by atoms with Gasteiger partial charge in [0.25, 0.3) is 0 Å². The fraction of sp³-hybridized carbons (Fsp3) is 0.190. The summed E-state index contributed by atoms with van der Waals surface area (Å²) >= 11 is 0. The first-order chi connectivity index (χ1) is 13.1. The van der Waals surface area contributed by atoms with Crippen molar-refractivity contribution in [3.63, 3.8) is 0 Å². The van der Waals surface area contributed by atoms with Crippen LogP contribution in [-0.2, 0) is 9.59 Å². The number of amides is 2. The summed E-state index contributed by atoms with van der Waals surface area (Å²) in [4.78, 5) is 30.1. The van der Waals surface area contributed by atoms with Crippen LogP contribution in [-0.4, -0.2) is 28.2 Å². The lowest BCUT2D eigenvalue weighted by molar-refractivity contribution is -0.142. The van der Waals surface area contributed by atoms with Crippen molar-refractivity contribution in [3.05, 3.63) is 72.6 Å². The van der Waals surface area contributed by atoms with E-state index < -0.39 is 18.1 Å². The number of rotatable bonds is 5. The largest absolute Gasteiger partial charge is 0.466 e. The Bertz CT molecular complexity index is 990. The van der Waals surface area contributed by atoms with Gasteiger partial charge in [-0.2, -0.15) is 0 Å². The van der Waals surface area contributed by atoms with E-state index in [9.17, 15) is 9.59 Å². The Hall–Kier alpha value is -3.41. The molecule has 1 fully saturated rings. The molecule has 2 N–H and O–H groups in total. The minimum Gasteiger partial charge on any atom is -0.466 e.